The second-order valence-corrected chi connectivity index (χ2v) is 8.24. The molecular weight excluding hydrogens is 534 g/mol. The maximum Gasteiger partial charge on any atom is 0.191 e. The van der Waals surface area contributed by atoms with Crippen molar-refractivity contribution in [2.24, 2.45) is 4.99 Å². The SMILES string of the molecule is CCNC(=NCc1ccccc1CN1CCOCC1)NC1CCN(c2ncccc2F)C1.I. The van der Waals surface area contributed by atoms with Gasteiger partial charge in [-0.3, -0.25) is 4.90 Å². The molecule has 2 fully saturated rings. The summed E-state index contributed by atoms with van der Waals surface area (Å²) < 4.78 is 19.6. The van der Waals surface area contributed by atoms with Gasteiger partial charge in [-0.15, -0.1) is 24.0 Å². The fourth-order valence-electron chi connectivity index (χ4n) is 4.22. The van der Waals surface area contributed by atoms with Crippen LogP contribution in [0.3, 0.4) is 0 Å². The Morgan fingerprint density at radius 1 is 1.15 bits per heavy atom. The standard InChI is InChI=1S/C24H33FN6O.HI/c1-2-26-24(29-21-9-11-31(18-21)23-22(25)8-5-10-27-23)28-16-19-6-3-4-7-20(19)17-30-12-14-32-15-13-30;/h3-8,10,21H,2,9,11-18H2,1H3,(H2,26,28,29);1H. The van der Waals surface area contributed by atoms with Gasteiger partial charge >= 0.3 is 0 Å². The monoisotopic (exact) mass is 568 g/mol. The number of halogens is 2. The normalized spacial score (nSPS) is 19.3. The molecule has 9 heteroatoms. The quantitative estimate of drug-likeness (QED) is 0.304. The number of hydrogen-bond donors (Lipinski definition) is 2. The van der Waals surface area contributed by atoms with E-state index in [1.165, 1.54) is 17.2 Å². The summed E-state index contributed by atoms with van der Waals surface area (Å²) in [6.45, 7) is 9.39. The molecule has 1 unspecified atom stereocenters. The first-order chi connectivity index (χ1) is 15.7. The molecule has 2 N–H and O–H groups in total. The van der Waals surface area contributed by atoms with Crippen LogP contribution >= 0.6 is 24.0 Å². The lowest BCUT2D eigenvalue weighted by Crippen LogP contribution is -2.44. The van der Waals surface area contributed by atoms with Crippen LogP contribution in [0.4, 0.5) is 10.2 Å². The molecule has 0 spiro atoms. The summed E-state index contributed by atoms with van der Waals surface area (Å²) in [6.07, 6.45) is 2.55. The third kappa shape index (κ3) is 7.25. The number of morpholine rings is 1. The summed E-state index contributed by atoms with van der Waals surface area (Å²) in [5.41, 5.74) is 2.55. The van der Waals surface area contributed by atoms with E-state index in [0.717, 1.165) is 58.3 Å². The highest BCUT2D eigenvalue weighted by molar-refractivity contribution is 14.0. The van der Waals surface area contributed by atoms with Crippen LogP contribution in [0.5, 0.6) is 0 Å². The third-order valence-electron chi connectivity index (χ3n) is 5.94. The number of benzene rings is 1. The molecule has 2 aliphatic rings. The highest BCUT2D eigenvalue weighted by atomic mass is 127. The molecule has 0 bridgehead atoms. The molecule has 0 aliphatic carbocycles. The second-order valence-electron chi connectivity index (χ2n) is 8.24. The third-order valence-corrected chi connectivity index (χ3v) is 5.94. The smallest absolute Gasteiger partial charge is 0.191 e. The van der Waals surface area contributed by atoms with Crippen LogP contribution in [0.2, 0.25) is 0 Å². The van der Waals surface area contributed by atoms with E-state index in [0.29, 0.717) is 18.9 Å². The Morgan fingerprint density at radius 3 is 2.70 bits per heavy atom. The fraction of sp³-hybridized carbons (Fsp3) is 0.500. The van der Waals surface area contributed by atoms with Gasteiger partial charge in [0.2, 0.25) is 0 Å². The first kappa shape index (κ1) is 25.6. The van der Waals surface area contributed by atoms with Gasteiger partial charge in [-0.1, -0.05) is 24.3 Å². The lowest BCUT2D eigenvalue weighted by Gasteiger charge is -2.27. The number of ether oxygens (including phenoxy) is 1. The van der Waals surface area contributed by atoms with Gasteiger partial charge in [-0.05, 0) is 36.6 Å². The molecule has 2 aliphatic heterocycles. The number of aliphatic imine (C=N–C) groups is 1. The van der Waals surface area contributed by atoms with Gasteiger partial charge in [0.1, 0.15) is 0 Å². The van der Waals surface area contributed by atoms with Crippen LogP contribution in [0.25, 0.3) is 0 Å². The Bertz CT molecular complexity index is 908. The van der Waals surface area contributed by atoms with Gasteiger partial charge < -0.3 is 20.3 Å². The molecule has 3 heterocycles. The molecule has 2 saturated heterocycles. The number of anilines is 1. The Morgan fingerprint density at radius 2 is 1.94 bits per heavy atom. The lowest BCUT2D eigenvalue weighted by molar-refractivity contribution is 0.0341. The Balaban J connectivity index is 0.00000306. The minimum Gasteiger partial charge on any atom is -0.379 e. The summed E-state index contributed by atoms with van der Waals surface area (Å²) in [5.74, 6) is 0.948. The van der Waals surface area contributed by atoms with E-state index in [9.17, 15) is 4.39 Å². The molecule has 0 radical (unpaired) electrons. The van der Waals surface area contributed by atoms with Crippen LogP contribution in [0.15, 0.2) is 47.6 Å². The van der Waals surface area contributed by atoms with Crippen LogP contribution in [0.1, 0.15) is 24.5 Å². The van der Waals surface area contributed by atoms with Gasteiger partial charge in [0.25, 0.3) is 0 Å². The Kier molecular flexibility index (Phi) is 10.1. The minimum absolute atomic E-state index is 0. The predicted molar refractivity (Wildman–Crippen MR) is 141 cm³/mol. The maximum atomic E-state index is 14.1. The van der Waals surface area contributed by atoms with Crippen molar-refractivity contribution in [2.45, 2.75) is 32.5 Å². The summed E-state index contributed by atoms with van der Waals surface area (Å²) in [6, 6.07) is 11.8. The number of nitrogens with one attached hydrogen (secondary N) is 2. The number of hydrogen-bond acceptors (Lipinski definition) is 5. The van der Waals surface area contributed by atoms with E-state index in [1.807, 2.05) is 4.90 Å². The minimum atomic E-state index is -0.273. The molecule has 1 aromatic carbocycles. The first-order valence-corrected chi connectivity index (χ1v) is 11.5. The van der Waals surface area contributed by atoms with E-state index >= 15 is 0 Å². The molecule has 1 atom stereocenters. The number of pyridine rings is 1. The van der Waals surface area contributed by atoms with Crippen molar-refractivity contribution in [2.75, 3.05) is 50.8 Å². The van der Waals surface area contributed by atoms with Crippen molar-refractivity contribution in [3.63, 3.8) is 0 Å². The molecule has 1 aromatic heterocycles. The van der Waals surface area contributed by atoms with Crippen molar-refractivity contribution in [1.29, 1.82) is 0 Å². The molecule has 2 aromatic rings. The molecule has 0 saturated carbocycles. The largest absolute Gasteiger partial charge is 0.379 e. The van der Waals surface area contributed by atoms with Gasteiger partial charge in [-0.25, -0.2) is 14.4 Å². The molecule has 0 amide bonds. The second kappa shape index (κ2) is 13.0. The topological polar surface area (TPSA) is 65.0 Å². The fourth-order valence-corrected chi connectivity index (χ4v) is 4.22. The summed E-state index contributed by atoms with van der Waals surface area (Å²) in [7, 11) is 0. The van der Waals surface area contributed by atoms with E-state index in [1.54, 1.807) is 12.3 Å². The van der Waals surface area contributed by atoms with Crippen molar-refractivity contribution in [1.82, 2.24) is 20.5 Å². The molecule has 180 valence electrons. The van der Waals surface area contributed by atoms with E-state index < -0.39 is 0 Å². The molecule has 33 heavy (non-hydrogen) atoms. The van der Waals surface area contributed by atoms with Gasteiger partial charge in [-0.2, -0.15) is 0 Å². The first-order valence-electron chi connectivity index (χ1n) is 11.5. The molecule has 4 rings (SSSR count). The number of guanidine groups is 1. The number of aromatic nitrogens is 1. The van der Waals surface area contributed by atoms with Crippen molar-refractivity contribution < 1.29 is 9.13 Å². The molecular formula is C24H34FIN6O. The van der Waals surface area contributed by atoms with Crippen LogP contribution < -0.4 is 15.5 Å². The average molecular weight is 568 g/mol. The van der Waals surface area contributed by atoms with Crippen LogP contribution in [-0.2, 0) is 17.8 Å². The summed E-state index contributed by atoms with van der Waals surface area (Å²) in [5, 5.41) is 6.88. The zero-order valence-corrected chi connectivity index (χ0v) is 21.5. The number of nitrogens with zero attached hydrogens (tertiary/aromatic N) is 4. The van der Waals surface area contributed by atoms with Crippen LogP contribution in [-0.4, -0.2) is 67.8 Å². The van der Waals surface area contributed by atoms with Crippen molar-refractivity contribution in [3.8, 4) is 0 Å². The maximum absolute atomic E-state index is 14.1. The number of rotatable bonds is 7. The Labute approximate surface area is 212 Å². The van der Waals surface area contributed by atoms with Gasteiger partial charge in [0.05, 0.1) is 19.8 Å². The zero-order chi connectivity index (χ0) is 22.2. The highest BCUT2D eigenvalue weighted by Gasteiger charge is 2.26. The van der Waals surface area contributed by atoms with Crippen LogP contribution in [0, 0.1) is 5.82 Å². The van der Waals surface area contributed by atoms with E-state index in [-0.39, 0.29) is 35.8 Å². The van der Waals surface area contributed by atoms with Crippen molar-refractivity contribution >= 4 is 35.8 Å². The van der Waals surface area contributed by atoms with Crippen molar-refractivity contribution in [3.05, 3.63) is 59.5 Å². The molecule has 7 nitrogen and oxygen atoms in total. The average Bonchev–Trinajstić information content (AvgIpc) is 3.28. The highest BCUT2D eigenvalue weighted by Crippen LogP contribution is 2.21. The van der Waals surface area contributed by atoms with Gasteiger partial charge in [0, 0.05) is 51.5 Å². The van der Waals surface area contributed by atoms with Gasteiger partial charge in [0.15, 0.2) is 17.6 Å². The Hall–Kier alpha value is -1.98. The lowest BCUT2D eigenvalue weighted by atomic mass is 10.1. The predicted octanol–water partition coefficient (Wildman–Crippen LogP) is 3.00. The zero-order valence-electron chi connectivity index (χ0n) is 19.2. The van der Waals surface area contributed by atoms with E-state index in [4.69, 9.17) is 9.73 Å². The summed E-state index contributed by atoms with van der Waals surface area (Å²) >= 11 is 0. The van der Waals surface area contributed by atoms with E-state index in [2.05, 4.69) is 51.7 Å². The summed E-state index contributed by atoms with van der Waals surface area (Å²) in [4.78, 5) is 13.5.